The van der Waals surface area contributed by atoms with E-state index in [9.17, 15) is 4.79 Å². The van der Waals surface area contributed by atoms with Crippen LogP contribution in [0.4, 0.5) is 17.2 Å². The van der Waals surface area contributed by atoms with E-state index in [0.717, 1.165) is 47.0 Å². The van der Waals surface area contributed by atoms with Crippen molar-refractivity contribution in [1.29, 1.82) is 0 Å². The molecule has 158 valence electrons. The second-order valence-electron chi connectivity index (χ2n) is 7.55. The van der Waals surface area contributed by atoms with Gasteiger partial charge < -0.3 is 10.2 Å². The molecule has 7 heteroatoms. The van der Waals surface area contributed by atoms with E-state index in [2.05, 4.69) is 38.2 Å². The van der Waals surface area contributed by atoms with Crippen LogP contribution in [-0.4, -0.2) is 32.4 Å². The van der Waals surface area contributed by atoms with Gasteiger partial charge in [-0.2, -0.15) is 0 Å². The van der Waals surface area contributed by atoms with E-state index in [0.29, 0.717) is 17.9 Å². The predicted octanol–water partition coefficient (Wildman–Crippen LogP) is 4.44. The molecule has 1 amide bonds. The van der Waals surface area contributed by atoms with Gasteiger partial charge in [-0.25, -0.2) is 9.97 Å². The fraction of sp³-hybridized carbons (Fsp3) is 0.160. The molecule has 0 atom stereocenters. The number of amides is 1. The lowest BCUT2D eigenvalue weighted by molar-refractivity contribution is 0.0989. The van der Waals surface area contributed by atoms with Gasteiger partial charge in [0.2, 0.25) is 0 Å². The summed E-state index contributed by atoms with van der Waals surface area (Å²) in [6.07, 6.45) is 6.62. The molecule has 0 bridgehead atoms. The maximum atomic E-state index is 12.9. The molecule has 0 spiro atoms. The molecule has 1 aliphatic heterocycles. The lowest BCUT2D eigenvalue weighted by Crippen LogP contribution is -2.28. The molecule has 1 aliphatic rings. The van der Waals surface area contributed by atoms with Crippen LogP contribution in [0.3, 0.4) is 0 Å². The monoisotopic (exact) mass is 422 g/mol. The molecule has 1 N–H and O–H groups in total. The zero-order valence-electron chi connectivity index (χ0n) is 17.7. The number of aromatic nitrogens is 4. The third kappa shape index (κ3) is 3.92. The average molecular weight is 422 g/mol. The van der Waals surface area contributed by atoms with Crippen molar-refractivity contribution < 1.29 is 4.79 Å². The SMILES string of the molecule is CCc1cc(Nc2ccc3c(c2)CCN3C(=O)c2cccnc2)nc(-c2ccccn2)n1. The minimum atomic E-state index is -0.0269. The first-order valence-electron chi connectivity index (χ1n) is 10.6. The normalized spacial score (nSPS) is 12.5. The Kier molecular flexibility index (Phi) is 5.29. The van der Waals surface area contributed by atoms with Crippen molar-refractivity contribution >= 4 is 23.1 Å². The fourth-order valence-electron chi connectivity index (χ4n) is 3.84. The van der Waals surface area contributed by atoms with Gasteiger partial charge in [-0.15, -0.1) is 0 Å². The highest BCUT2D eigenvalue weighted by Gasteiger charge is 2.26. The average Bonchev–Trinajstić information content (AvgIpc) is 3.27. The van der Waals surface area contributed by atoms with E-state index >= 15 is 0 Å². The highest BCUT2D eigenvalue weighted by molar-refractivity contribution is 6.07. The minimum Gasteiger partial charge on any atom is -0.340 e. The molecular formula is C25H22N6O. The number of rotatable bonds is 5. The number of aryl methyl sites for hydroxylation is 1. The molecule has 3 aromatic heterocycles. The maximum absolute atomic E-state index is 12.9. The molecule has 0 unspecified atom stereocenters. The number of anilines is 3. The van der Waals surface area contributed by atoms with Gasteiger partial charge in [0.15, 0.2) is 5.82 Å². The highest BCUT2D eigenvalue weighted by atomic mass is 16.2. The second-order valence-corrected chi connectivity index (χ2v) is 7.55. The number of hydrogen-bond acceptors (Lipinski definition) is 6. The van der Waals surface area contributed by atoms with E-state index in [1.54, 1.807) is 30.7 Å². The van der Waals surface area contributed by atoms with E-state index in [1.165, 1.54) is 0 Å². The van der Waals surface area contributed by atoms with Gasteiger partial charge in [-0.1, -0.05) is 13.0 Å². The summed E-state index contributed by atoms with van der Waals surface area (Å²) in [6.45, 7) is 2.72. The topological polar surface area (TPSA) is 83.9 Å². The van der Waals surface area contributed by atoms with Gasteiger partial charge in [-0.3, -0.25) is 14.8 Å². The number of nitrogens with zero attached hydrogens (tertiary/aromatic N) is 5. The summed E-state index contributed by atoms with van der Waals surface area (Å²) < 4.78 is 0. The summed E-state index contributed by atoms with van der Waals surface area (Å²) in [5.74, 6) is 1.29. The molecule has 0 fully saturated rings. The smallest absolute Gasteiger partial charge is 0.259 e. The zero-order valence-corrected chi connectivity index (χ0v) is 17.7. The minimum absolute atomic E-state index is 0.0269. The van der Waals surface area contributed by atoms with Gasteiger partial charge in [-0.05, 0) is 60.9 Å². The summed E-state index contributed by atoms with van der Waals surface area (Å²) >= 11 is 0. The standard InChI is InChI=1S/C25H22N6O/c1-2-19-15-23(30-24(29-19)21-7-3-4-12-27-21)28-20-8-9-22-17(14-20)10-13-31(22)25(32)18-6-5-11-26-16-18/h3-9,11-12,14-16H,2,10,13H2,1H3,(H,28,29,30). The van der Waals surface area contributed by atoms with Gasteiger partial charge in [0.1, 0.15) is 11.5 Å². The molecular weight excluding hydrogens is 400 g/mol. The van der Waals surface area contributed by atoms with Crippen LogP contribution in [0.1, 0.15) is 28.5 Å². The fourth-order valence-corrected chi connectivity index (χ4v) is 3.84. The molecule has 1 aromatic carbocycles. The number of carbonyl (C=O) groups excluding carboxylic acids is 1. The number of fused-ring (bicyclic) bond motifs is 1. The Morgan fingerprint density at radius 1 is 1.06 bits per heavy atom. The van der Waals surface area contributed by atoms with Crippen LogP contribution in [-0.2, 0) is 12.8 Å². The van der Waals surface area contributed by atoms with Gasteiger partial charge >= 0.3 is 0 Å². The number of pyridine rings is 2. The maximum Gasteiger partial charge on any atom is 0.259 e. The van der Waals surface area contributed by atoms with Gasteiger partial charge in [0.25, 0.3) is 5.91 Å². The molecule has 32 heavy (non-hydrogen) atoms. The first-order valence-corrected chi connectivity index (χ1v) is 10.6. The quantitative estimate of drug-likeness (QED) is 0.512. The molecule has 0 aliphatic carbocycles. The van der Waals surface area contributed by atoms with Crippen molar-refractivity contribution in [2.24, 2.45) is 0 Å². The van der Waals surface area contributed by atoms with Crippen molar-refractivity contribution in [1.82, 2.24) is 19.9 Å². The Labute approximate surface area is 186 Å². The Balaban J connectivity index is 1.40. The van der Waals surface area contributed by atoms with Crippen molar-refractivity contribution in [2.75, 3.05) is 16.8 Å². The van der Waals surface area contributed by atoms with Crippen LogP contribution in [0.25, 0.3) is 11.5 Å². The Morgan fingerprint density at radius 2 is 2.00 bits per heavy atom. The van der Waals surface area contributed by atoms with E-state index in [1.807, 2.05) is 41.3 Å². The molecule has 5 rings (SSSR count). The lowest BCUT2D eigenvalue weighted by Gasteiger charge is -2.17. The Morgan fingerprint density at radius 3 is 2.78 bits per heavy atom. The van der Waals surface area contributed by atoms with E-state index < -0.39 is 0 Å². The zero-order chi connectivity index (χ0) is 21.9. The van der Waals surface area contributed by atoms with Gasteiger partial charge in [0.05, 0.1) is 5.56 Å². The third-order valence-electron chi connectivity index (χ3n) is 5.44. The predicted molar refractivity (Wildman–Crippen MR) is 124 cm³/mol. The molecule has 0 radical (unpaired) electrons. The van der Waals surface area contributed by atoms with Crippen molar-refractivity contribution in [3.05, 3.63) is 90.0 Å². The number of nitrogens with one attached hydrogen (secondary N) is 1. The highest BCUT2D eigenvalue weighted by Crippen LogP contribution is 2.32. The summed E-state index contributed by atoms with van der Waals surface area (Å²) in [5.41, 5.74) is 5.27. The van der Waals surface area contributed by atoms with Gasteiger partial charge in [0, 0.05) is 48.3 Å². The van der Waals surface area contributed by atoms with Crippen molar-refractivity contribution in [3.8, 4) is 11.5 Å². The van der Waals surface area contributed by atoms with Crippen LogP contribution in [0.15, 0.2) is 73.2 Å². The number of benzene rings is 1. The third-order valence-corrected chi connectivity index (χ3v) is 5.44. The summed E-state index contributed by atoms with van der Waals surface area (Å²) in [4.78, 5) is 32.4. The van der Waals surface area contributed by atoms with Crippen LogP contribution in [0.5, 0.6) is 0 Å². The van der Waals surface area contributed by atoms with Crippen LogP contribution >= 0.6 is 0 Å². The summed E-state index contributed by atoms with van der Waals surface area (Å²) in [6, 6.07) is 17.3. The summed E-state index contributed by atoms with van der Waals surface area (Å²) in [5, 5.41) is 3.40. The Hall–Kier alpha value is -4.13. The lowest BCUT2D eigenvalue weighted by atomic mass is 10.1. The van der Waals surface area contributed by atoms with Crippen molar-refractivity contribution in [2.45, 2.75) is 19.8 Å². The first kappa shape index (κ1) is 19.8. The Bertz CT molecular complexity index is 1260. The first-order chi connectivity index (χ1) is 15.7. The molecule has 7 nitrogen and oxygen atoms in total. The molecule has 0 saturated carbocycles. The summed E-state index contributed by atoms with van der Waals surface area (Å²) in [7, 11) is 0. The molecule has 4 aromatic rings. The van der Waals surface area contributed by atoms with Crippen LogP contribution < -0.4 is 10.2 Å². The largest absolute Gasteiger partial charge is 0.340 e. The molecule has 4 heterocycles. The van der Waals surface area contributed by atoms with Crippen LogP contribution in [0.2, 0.25) is 0 Å². The second kappa shape index (κ2) is 8.55. The van der Waals surface area contributed by atoms with Crippen molar-refractivity contribution in [3.63, 3.8) is 0 Å². The number of carbonyl (C=O) groups is 1. The number of hydrogen-bond donors (Lipinski definition) is 1. The van der Waals surface area contributed by atoms with E-state index in [4.69, 9.17) is 0 Å². The van der Waals surface area contributed by atoms with E-state index in [-0.39, 0.29) is 5.91 Å². The molecule has 0 saturated heterocycles. The van der Waals surface area contributed by atoms with Crippen LogP contribution in [0, 0.1) is 0 Å².